The molecule has 2 rings (SSSR count). The topological polar surface area (TPSA) is 26.0 Å². The first-order valence-corrected chi connectivity index (χ1v) is 6.25. The van der Waals surface area contributed by atoms with Gasteiger partial charge in [0.05, 0.1) is 0 Å². The number of hydrogen-bond acceptors (Lipinski definition) is 1. The van der Waals surface area contributed by atoms with Crippen molar-refractivity contribution in [1.82, 2.24) is 0 Å². The maximum atomic E-state index is 13.7. The zero-order chi connectivity index (χ0) is 14.0. The van der Waals surface area contributed by atoms with Gasteiger partial charge in [0.1, 0.15) is 0 Å². The van der Waals surface area contributed by atoms with Gasteiger partial charge in [-0.1, -0.05) is 30.3 Å². The number of benzene rings is 2. The largest absolute Gasteiger partial charge is 0.324 e. The molecule has 0 fully saturated rings. The fourth-order valence-electron chi connectivity index (χ4n) is 2.31. The van der Waals surface area contributed by atoms with Crippen molar-refractivity contribution in [3.63, 3.8) is 0 Å². The summed E-state index contributed by atoms with van der Waals surface area (Å²) in [6.45, 7) is 3.99. The highest BCUT2D eigenvalue weighted by molar-refractivity contribution is 5.35. The third-order valence-corrected chi connectivity index (χ3v) is 3.45. The first kappa shape index (κ1) is 13.7. The lowest BCUT2D eigenvalue weighted by Gasteiger charge is -2.16. The highest BCUT2D eigenvalue weighted by Crippen LogP contribution is 2.24. The van der Waals surface area contributed by atoms with E-state index in [1.807, 2.05) is 32.0 Å². The molecule has 0 aromatic heterocycles. The van der Waals surface area contributed by atoms with Crippen LogP contribution in [0.25, 0.3) is 0 Å². The van der Waals surface area contributed by atoms with Crippen molar-refractivity contribution < 1.29 is 8.78 Å². The Morgan fingerprint density at radius 3 is 2.21 bits per heavy atom. The standard InChI is InChI=1S/C16H17F2N/c1-10-5-3-6-11(2)13(10)9-15(19)12-7-4-8-14(17)16(12)18/h3-8,15H,9,19H2,1-2H3. The minimum atomic E-state index is -0.852. The summed E-state index contributed by atoms with van der Waals surface area (Å²) in [5.41, 5.74) is 9.58. The molecule has 2 aromatic rings. The van der Waals surface area contributed by atoms with Crippen molar-refractivity contribution in [3.8, 4) is 0 Å². The van der Waals surface area contributed by atoms with Crippen molar-refractivity contribution in [1.29, 1.82) is 0 Å². The van der Waals surface area contributed by atoms with E-state index in [0.29, 0.717) is 6.42 Å². The molecule has 0 radical (unpaired) electrons. The van der Waals surface area contributed by atoms with Crippen LogP contribution in [0.3, 0.4) is 0 Å². The molecule has 0 saturated carbocycles. The average molecular weight is 261 g/mol. The second-order valence-electron chi connectivity index (χ2n) is 4.82. The maximum Gasteiger partial charge on any atom is 0.163 e. The summed E-state index contributed by atoms with van der Waals surface area (Å²) in [5, 5.41) is 0. The number of aryl methyl sites for hydroxylation is 2. The zero-order valence-electron chi connectivity index (χ0n) is 11.1. The van der Waals surface area contributed by atoms with Gasteiger partial charge in [0, 0.05) is 11.6 Å². The fraction of sp³-hybridized carbons (Fsp3) is 0.250. The van der Waals surface area contributed by atoms with E-state index in [2.05, 4.69) is 0 Å². The molecular formula is C16H17F2N. The van der Waals surface area contributed by atoms with Crippen molar-refractivity contribution in [2.24, 2.45) is 5.73 Å². The van der Waals surface area contributed by atoms with Gasteiger partial charge >= 0.3 is 0 Å². The molecule has 1 nitrogen and oxygen atoms in total. The van der Waals surface area contributed by atoms with Gasteiger partial charge in [-0.3, -0.25) is 0 Å². The van der Waals surface area contributed by atoms with Crippen molar-refractivity contribution in [2.45, 2.75) is 26.3 Å². The Morgan fingerprint density at radius 1 is 1.00 bits per heavy atom. The zero-order valence-corrected chi connectivity index (χ0v) is 11.1. The first-order valence-electron chi connectivity index (χ1n) is 6.25. The summed E-state index contributed by atoms with van der Waals surface area (Å²) >= 11 is 0. The normalized spacial score (nSPS) is 12.5. The SMILES string of the molecule is Cc1cccc(C)c1CC(N)c1cccc(F)c1F. The Labute approximate surface area is 112 Å². The molecule has 0 aliphatic heterocycles. The molecule has 0 aliphatic carbocycles. The third-order valence-electron chi connectivity index (χ3n) is 3.45. The van der Waals surface area contributed by atoms with Crippen LogP contribution in [0.15, 0.2) is 36.4 Å². The molecule has 100 valence electrons. The van der Waals surface area contributed by atoms with E-state index >= 15 is 0 Å². The summed E-state index contributed by atoms with van der Waals surface area (Å²) in [6.07, 6.45) is 0.499. The van der Waals surface area contributed by atoms with E-state index in [1.54, 1.807) is 0 Å². The van der Waals surface area contributed by atoms with Crippen molar-refractivity contribution in [3.05, 3.63) is 70.3 Å². The van der Waals surface area contributed by atoms with Crippen molar-refractivity contribution in [2.75, 3.05) is 0 Å². The van der Waals surface area contributed by atoms with E-state index < -0.39 is 17.7 Å². The second kappa shape index (κ2) is 5.49. The van der Waals surface area contributed by atoms with E-state index in [9.17, 15) is 8.78 Å². The molecule has 0 heterocycles. The van der Waals surface area contributed by atoms with Gasteiger partial charge in [0.15, 0.2) is 11.6 Å². The van der Waals surface area contributed by atoms with Crippen LogP contribution in [0.4, 0.5) is 8.78 Å². The number of rotatable bonds is 3. The predicted molar refractivity (Wildman–Crippen MR) is 72.9 cm³/mol. The van der Waals surface area contributed by atoms with Gasteiger partial charge in [0.2, 0.25) is 0 Å². The smallest absolute Gasteiger partial charge is 0.163 e. The third kappa shape index (κ3) is 2.82. The minimum Gasteiger partial charge on any atom is -0.324 e. The lowest BCUT2D eigenvalue weighted by atomic mass is 9.93. The van der Waals surface area contributed by atoms with Crippen LogP contribution >= 0.6 is 0 Å². The highest BCUT2D eigenvalue weighted by Gasteiger charge is 2.16. The molecule has 0 saturated heterocycles. The van der Waals surface area contributed by atoms with Crippen LogP contribution in [0.1, 0.15) is 28.3 Å². The van der Waals surface area contributed by atoms with Gasteiger partial charge in [-0.2, -0.15) is 0 Å². The van der Waals surface area contributed by atoms with Crippen LogP contribution in [0.2, 0.25) is 0 Å². The molecule has 19 heavy (non-hydrogen) atoms. The molecule has 0 aliphatic rings. The van der Waals surface area contributed by atoms with Gasteiger partial charge in [0.25, 0.3) is 0 Å². The monoisotopic (exact) mass is 261 g/mol. The average Bonchev–Trinajstić information content (AvgIpc) is 2.37. The highest BCUT2D eigenvalue weighted by atomic mass is 19.2. The van der Waals surface area contributed by atoms with Crippen LogP contribution in [0, 0.1) is 25.5 Å². The molecule has 0 amide bonds. The number of halogens is 2. The Hall–Kier alpha value is -1.74. The summed E-state index contributed by atoms with van der Waals surface area (Å²) in [5.74, 6) is -1.70. The van der Waals surface area contributed by atoms with E-state index in [0.717, 1.165) is 22.8 Å². The van der Waals surface area contributed by atoms with Gasteiger partial charge < -0.3 is 5.73 Å². The quantitative estimate of drug-likeness (QED) is 0.893. The maximum absolute atomic E-state index is 13.7. The molecule has 1 unspecified atom stereocenters. The fourth-order valence-corrected chi connectivity index (χ4v) is 2.31. The van der Waals surface area contributed by atoms with E-state index in [4.69, 9.17) is 5.73 Å². The Morgan fingerprint density at radius 2 is 1.58 bits per heavy atom. The molecule has 2 N–H and O–H groups in total. The van der Waals surface area contributed by atoms with Crippen LogP contribution in [-0.4, -0.2) is 0 Å². The van der Waals surface area contributed by atoms with Crippen LogP contribution in [0.5, 0.6) is 0 Å². The Kier molecular flexibility index (Phi) is 3.96. The minimum absolute atomic E-state index is 0.225. The lowest BCUT2D eigenvalue weighted by molar-refractivity contribution is 0.487. The Balaban J connectivity index is 2.31. The van der Waals surface area contributed by atoms with Gasteiger partial charge in [-0.05, 0) is 43.0 Å². The van der Waals surface area contributed by atoms with E-state index in [-0.39, 0.29) is 5.56 Å². The molecule has 0 bridgehead atoms. The number of nitrogens with two attached hydrogens (primary N) is 1. The summed E-state index contributed by atoms with van der Waals surface area (Å²) in [4.78, 5) is 0. The van der Waals surface area contributed by atoms with E-state index in [1.165, 1.54) is 12.1 Å². The second-order valence-corrected chi connectivity index (χ2v) is 4.82. The molecule has 3 heteroatoms. The van der Waals surface area contributed by atoms with Gasteiger partial charge in [-0.15, -0.1) is 0 Å². The summed E-state index contributed by atoms with van der Waals surface area (Å²) < 4.78 is 26.9. The molecular weight excluding hydrogens is 244 g/mol. The van der Waals surface area contributed by atoms with Crippen LogP contribution in [-0.2, 0) is 6.42 Å². The first-order chi connectivity index (χ1) is 9.00. The lowest BCUT2D eigenvalue weighted by Crippen LogP contribution is -2.17. The van der Waals surface area contributed by atoms with Crippen molar-refractivity contribution >= 4 is 0 Å². The van der Waals surface area contributed by atoms with Gasteiger partial charge in [-0.25, -0.2) is 8.78 Å². The Bertz CT molecular complexity index is 573. The molecule has 1 atom stereocenters. The predicted octanol–water partition coefficient (Wildman–Crippen LogP) is 3.82. The summed E-state index contributed by atoms with van der Waals surface area (Å²) in [6, 6.07) is 9.55. The number of hydrogen-bond donors (Lipinski definition) is 1. The van der Waals surface area contributed by atoms with Crippen LogP contribution < -0.4 is 5.73 Å². The molecule has 2 aromatic carbocycles. The summed E-state index contributed by atoms with van der Waals surface area (Å²) in [7, 11) is 0. The molecule has 0 spiro atoms.